The van der Waals surface area contributed by atoms with Crippen LogP contribution in [0.5, 0.6) is 0 Å². The number of amides is 2. The first-order valence-electron chi connectivity index (χ1n) is 9.65. The summed E-state index contributed by atoms with van der Waals surface area (Å²) in [5.74, 6) is 0.0423. The van der Waals surface area contributed by atoms with Crippen LogP contribution in [0.4, 0.5) is 0 Å². The third kappa shape index (κ3) is 8.35. The maximum atomic E-state index is 12.3. The Bertz CT molecular complexity index is 603. The number of nitrogens with one attached hydrogen (secondary N) is 1. The Morgan fingerprint density at radius 1 is 1.41 bits per heavy atom. The molecule has 2 amide bonds. The number of allylic oxidation sites excluding steroid dienone is 1. The highest BCUT2D eigenvalue weighted by Gasteiger charge is 2.44. The van der Waals surface area contributed by atoms with Crippen molar-refractivity contribution in [3.05, 3.63) is 12.2 Å². The minimum Gasteiger partial charge on any atom is -0.374 e. The van der Waals surface area contributed by atoms with Gasteiger partial charge >= 0.3 is 0 Å². The van der Waals surface area contributed by atoms with E-state index in [9.17, 15) is 9.59 Å². The third-order valence-corrected chi connectivity index (χ3v) is 4.18. The molecule has 0 aliphatic heterocycles. The number of rotatable bonds is 11. The van der Waals surface area contributed by atoms with Crippen molar-refractivity contribution in [1.29, 1.82) is 5.26 Å². The molecule has 1 aliphatic rings. The molecule has 0 aromatic heterocycles. The molecular formula is C20H32N4O3. The standard InChI is InChI=1S/C20H32N4O3/c1-5-7-8-16(3)12-22-18(14-27-11-6-2)24(17(4)25)13-19(26)23-20(15-21)9-10-20/h7-8,16H,5-6,9-14H2,1-4H3,(H,23,26)/b8-7?,22-18-. The van der Waals surface area contributed by atoms with Crippen LogP contribution in [0.3, 0.4) is 0 Å². The lowest BCUT2D eigenvalue weighted by molar-refractivity contribution is -0.131. The Morgan fingerprint density at radius 2 is 2.11 bits per heavy atom. The third-order valence-electron chi connectivity index (χ3n) is 4.18. The van der Waals surface area contributed by atoms with Gasteiger partial charge in [0.15, 0.2) is 0 Å². The van der Waals surface area contributed by atoms with E-state index in [1.165, 1.54) is 11.8 Å². The lowest BCUT2D eigenvalue weighted by Crippen LogP contribution is -2.47. The first kappa shape index (κ1) is 22.8. The summed E-state index contributed by atoms with van der Waals surface area (Å²) in [6.45, 7) is 8.60. The van der Waals surface area contributed by atoms with Gasteiger partial charge in [-0.25, -0.2) is 0 Å². The molecule has 1 aliphatic carbocycles. The van der Waals surface area contributed by atoms with Gasteiger partial charge in [-0.2, -0.15) is 5.26 Å². The van der Waals surface area contributed by atoms with Crippen LogP contribution in [0.1, 0.15) is 53.4 Å². The van der Waals surface area contributed by atoms with Crippen LogP contribution in [-0.2, 0) is 14.3 Å². The molecule has 0 spiro atoms. The van der Waals surface area contributed by atoms with E-state index in [-0.39, 0.29) is 30.9 Å². The van der Waals surface area contributed by atoms with Gasteiger partial charge in [0, 0.05) is 20.1 Å². The van der Waals surface area contributed by atoms with Crippen molar-refractivity contribution < 1.29 is 14.3 Å². The summed E-state index contributed by atoms with van der Waals surface area (Å²) in [5.41, 5.74) is -0.755. The van der Waals surface area contributed by atoms with Crippen molar-refractivity contribution in [1.82, 2.24) is 10.2 Å². The fraction of sp³-hybridized carbons (Fsp3) is 0.700. The number of carbonyl (C=O) groups excluding carboxylic acids is 2. The molecule has 0 heterocycles. The minimum atomic E-state index is -0.755. The summed E-state index contributed by atoms with van der Waals surface area (Å²) in [7, 11) is 0. The highest BCUT2D eigenvalue weighted by molar-refractivity contribution is 6.01. The number of nitriles is 1. The SMILES string of the molecule is CCC=CC(C)C/N=C(/COCCC)N(CC(=O)NC1(C#N)CC1)C(C)=O. The van der Waals surface area contributed by atoms with Gasteiger partial charge in [-0.05, 0) is 31.6 Å². The van der Waals surface area contributed by atoms with E-state index in [0.29, 0.717) is 31.8 Å². The van der Waals surface area contributed by atoms with Crippen molar-refractivity contribution >= 4 is 17.6 Å². The highest BCUT2D eigenvalue weighted by Crippen LogP contribution is 2.34. The quantitative estimate of drug-likeness (QED) is 0.259. The zero-order valence-electron chi connectivity index (χ0n) is 17.0. The summed E-state index contributed by atoms with van der Waals surface area (Å²) in [6, 6.07) is 2.12. The average Bonchev–Trinajstić information content (AvgIpc) is 3.40. The Hall–Kier alpha value is -2.20. The summed E-state index contributed by atoms with van der Waals surface area (Å²) in [6.07, 6.45) is 7.28. The van der Waals surface area contributed by atoms with E-state index in [2.05, 4.69) is 42.4 Å². The van der Waals surface area contributed by atoms with Crippen LogP contribution in [0.2, 0.25) is 0 Å². The first-order valence-corrected chi connectivity index (χ1v) is 9.65. The largest absolute Gasteiger partial charge is 0.374 e. The molecule has 0 aromatic rings. The van der Waals surface area contributed by atoms with Crippen molar-refractivity contribution in [2.24, 2.45) is 10.9 Å². The molecule has 27 heavy (non-hydrogen) atoms. The van der Waals surface area contributed by atoms with Gasteiger partial charge < -0.3 is 10.1 Å². The maximum Gasteiger partial charge on any atom is 0.241 e. The van der Waals surface area contributed by atoms with Crippen molar-refractivity contribution in [2.75, 3.05) is 26.3 Å². The van der Waals surface area contributed by atoms with Crippen LogP contribution < -0.4 is 5.32 Å². The number of hydrogen-bond donors (Lipinski definition) is 1. The van der Waals surface area contributed by atoms with Gasteiger partial charge in [-0.15, -0.1) is 0 Å². The molecule has 7 heteroatoms. The second-order valence-corrected chi connectivity index (χ2v) is 6.97. The molecule has 1 saturated carbocycles. The second-order valence-electron chi connectivity index (χ2n) is 6.97. The van der Waals surface area contributed by atoms with Gasteiger partial charge in [-0.1, -0.05) is 32.9 Å². The van der Waals surface area contributed by atoms with E-state index in [0.717, 1.165) is 12.8 Å². The summed E-state index contributed by atoms with van der Waals surface area (Å²) in [5, 5.41) is 11.8. The van der Waals surface area contributed by atoms with Crippen LogP contribution in [0.15, 0.2) is 17.1 Å². The zero-order chi connectivity index (χ0) is 20.3. The van der Waals surface area contributed by atoms with Crippen LogP contribution >= 0.6 is 0 Å². The molecule has 1 N–H and O–H groups in total. The summed E-state index contributed by atoms with van der Waals surface area (Å²) >= 11 is 0. The minimum absolute atomic E-state index is 0.160. The van der Waals surface area contributed by atoms with E-state index in [4.69, 9.17) is 10.00 Å². The molecule has 1 atom stereocenters. The number of carbonyl (C=O) groups is 2. The molecule has 150 valence electrons. The van der Waals surface area contributed by atoms with Gasteiger partial charge in [0.05, 0.1) is 6.07 Å². The molecule has 0 aromatic carbocycles. The molecule has 1 rings (SSSR count). The summed E-state index contributed by atoms with van der Waals surface area (Å²) in [4.78, 5) is 30.4. The Labute approximate surface area is 162 Å². The average molecular weight is 377 g/mol. The van der Waals surface area contributed by atoms with Gasteiger partial charge in [0.1, 0.15) is 24.5 Å². The highest BCUT2D eigenvalue weighted by atomic mass is 16.5. The number of hydrogen-bond acceptors (Lipinski definition) is 5. The monoisotopic (exact) mass is 376 g/mol. The van der Waals surface area contributed by atoms with Crippen LogP contribution in [0.25, 0.3) is 0 Å². The van der Waals surface area contributed by atoms with E-state index >= 15 is 0 Å². The predicted octanol–water partition coefficient (Wildman–Crippen LogP) is 2.43. The normalized spacial score (nSPS) is 16.6. The summed E-state index contributed by atoms with van der Waals surface area (Å²) < 4.78 is 5.58. The topological polar surface area (TPSA) is 94.8 Å². The Morgan fingerprint density at radius 3 is 2.63 bits per heavy atom. The fourth-order valence-corrected chi connectivity index (χ4v) is 2.42. The molecule has 0 saturated heterocycles. The second kappa shape index (κ2) is 11.5. The lowest BCUT2D eigenvalue weighted by Gasteiger charge is -2.23. The van der Waals surface area contributed by atoms with E-state index < -0.39 is 5.54 Å². The maximum absolute atomic E-state index is 12.3. The van der Waals surface area contributed by atoms with Crippen LogP contribution in [0, 0.1) is 17.2 Å². The lowest BCUT2D eigenvalue weighted by atomic mass is 10.1. The van der Waals surface area contributed by atoms with E-state index in [1.807, 2.05) is 6.92 Å². The van der Waals surface area contributed by atoms with Crippen molar-refractivity contribution in [3.8, 4) is 6.07 Å². The predicted molar refractivity (Wildman–Crippen MR) is 105 cm³/mol. The molecule has 0 bridgehead atoms. The van der Waals surface area contributed by atoms with Crippen LogP contribution in [-0.4, -0.2) is 54.4 Å². The fourth-order valence-electron chi connectivity index (χ4n) is 2.42. The molecule has 7 nitrogen and oxygen atoms in total. The molecular weight excluding hydrogens is 344 g/mol. The Balaban J connectivity index is 2.84. The molecule has 1 fully saturated rings. The number of nitrogens with zero attached hydrogens (tertiary/aromatic N) is 3. The van der Waals surface area contributed by atoms with E-state index in [1.54, 1.807) is 0 Å². The Kier molecular flexibility index (Phi) is 9.73. The van der Waals surface area contributed by atoms with Gasteiger partial charge in [-0.3, -0.25) is 19.5 Å². The number of amidine groups is 1. The molecule has 1 unspecified atom stereocenters. The van der Waals surface area contributed by atoms with Gasteiger partial charge in [0.2, 0.25) is 11.8 Å². The van der Waals surface area contributed by atoms with Crippen molar-refractivity contribution in [2.45, 2.75) is 58.9 Å². The zero-order valence-corrected chi connectivity index (χ0v) is 17.0. The van der Waals surface area contributed by atoms with Crippen molar-refractivity contribution in [3.63, 3.8) is 0 Å². The number of aliphatic imine (C=N–C) groups is 1. The smallest absolute Gasteiger partial charge is 0.241 e. The molecule has 0 radical (unpaired) electrons. The number of ether oxygens (including phenoxy) is 1. The first-order chi connectivity index (χ1) is 12.9. The van der Waals surface area contributed by atoms with Gasteiger partial charge in [0.25, 0.3) is 0 Å².